The lowest BCUT2D eigenvalue weighted by Gasteiger charge is -2.37. The number of nitrogens with one attached hydrogen (secondary N) is 1. The highest BCUT2D eigenvalue weighted by Gasteiger charge is 2.27. The Morgan fingerprint density at radius 3 is 2.68 bits per heavy atom. The molecule has 0 spiro atoms. The number of carbonyl (C=O) groups is 2. The highest BCUT2D eigenvalue weighted by molar-refractivity contribution is 6.31. The number of rotatable bonds is 2. The maximum atomic E-state index is 12.9. The number of nitrogens with zero attached hydrogens (tertiary/aromatic N) is 4. The number of hydrogen-bond donors (Lipinski definition) is 1. The van der Waals surface area contributed by atoms with Gasteiger partial charge in [-0.3, -0.25) is 4.98 Å². The predicted octanol–water partition coefficient (Wildman–Crippen LogP) is 3.34. The number of aromatic nitrogens is 1. The number of amides is 3. The largest absolute Gasteiger partial charge is 0.453 e. The summed E-state index contributed by atoms with van der Waals surface area (Å²) in [5.41, 5.74) is 1.98. The molecule has 166 valence electrons. The molecule has 31 heavy (non-hydrogen) atoms. The number of anilines is 1. The SMILES string of the molecule is COC(=O)N1CCCCC(NC(=O)N2CCN(c3ccnc4cc(Cl)ccc34)CC2)C1. The van der Waals surface area contributed by atoms with Gasteiger partial charge >= 0.3 is 12.1 Å². The van der Waals surface area contributed by atoms with Gasteiger partial charge in [-0.1, -0.05) is 11.6 Å². The summed E-state index contributed by atoms with van der Waals surface area (Å²) in [5, 5.41) is 4.85. The highest BCUT2D eigenvalue weighted by atomic mass is 35.5. The quantitative estimate of drug-likeness (QED) is 0.767. The number of piperazine rings is 1. The summed E-state index contributed by atoms with van der Waals surface area (Å²) in [6, 6.07) is 7.64. The van der Waals surface area contributed by atoms with Gasteiger partial charge in [-0.25, -0.2) is 9.59 Å². The van der Waals surface area contributed by atoms with Crippen LogP contribution < -0.4 is 10.2 Å². The third-order valence-electron chi connectivity index (χ3n) is 6.02. The standard InChI is InChI=1S/C22H28ClN5O3/c1-31-22(30)28-9-3-2-4-17(15-28)25-21(29)27-12-10-26(11-13-27)20-7-8-24-19-14-16(23)5-6-18(19)20/h5-8,14,17H,2-4,9-13,15H2,1H3,(H,25,29). The van der Waals surface area contributed by atoms with Crippen LogP contribution in [0.1, 0.15) is 19.3 Å². The van der Waals surface area contributed by atoms with Crippen LogP contribution in [0.2, 0.25) is 5.02 Å². The minimum Gasteiger partial charge on any atom is -0.453 e. The summed E-state index contributed by atoms with van der Waals surface area (Å²) >= 11 is 6.10. The van der Waals surface area contributed by atoms with Crippen molar-refractivity contribution >= 4 is 40.3 Å². The number of carbonyl (C=O) groups excluding carboxylic acids is 2. The van der Waals surface area contributed by atoms with Gasteiger partial charge in [0.25, 0.3) is 0 Å². The second kappa shape index (κ2) is 9.60. The molecule has 2 fully saturated rings. The van der Waals surface area contributed by atoms with E-state index in [1.165, 1.54) is 7.11 Å². The summed E-state index contributed by atoms with van der Waals surface area (Å²) in [7, 11) is 1.39. The first-order chi connectivity index (χ1) is 15.0. The van der Waals surface area contributed by atoms with E-state index in [-0.39, 0.29) is 18.2 Å². The zero-order valence-corrected chi connectivity index (χ0v) is 18.5. The molecule has 2 aromatic rings. The Bertz CT molecular complexity index is 948. The number of methoxy groups -OCH3 is 1. The fourth-order valence-electron chi connectivity index (χ4n) is 4.35. The molecule has 0 bridgehead atoms. The van der Waals surface area contributed by atoms with Crippen molar-refractivity contribution in [2.24, 2.45) is 0 Å². The van der Waals surface area contributed by atoms with E-state index in [9.17, 15) is 9.59 Å². The minimum absolute atomic E-state index is 0.0546. The average Bonchev–Trinajstić information content (AvgIpc) is 3.03. The molecule has 8 nitrogen and oxygen atoms in total. The van der Waals surface area contributed by atoms with Crippen molar-refractivity contribution in [2.75, 3.05) is 51.3 Å². The summed E-state index contributed by atoms with van der Waals surface area (Å²) in [5.74, 6) is 0. The zero-order chi connectivity index (χ0) is 21.8. The maximum Gasteiger partial charge on any atom is 0.409 e. The van der Waals surface area contributed by atoms with Crippen LogP contribution in [0.15, 0.2) is 30.5 Å². The molecule has 1 atom stereocenters. The molecule has 2 aliphatic rings. The van der Waals surface area contributed by atoms with Gasteiger partial charge in [0.15, 0.2) is 0 Å². The Labute approximate surface area is 187 Å². The van der Waals surface area contributed by atoms with Gasteiger partial charge in [0.05, 0.1) is 12.6 Å². The number of ether oxygens (including phenoxy) is 1. The maximum absolute atomic E-state index is 12.9. The van der Waals surface area contributed by atoms with Crippen molar-refractivity contribution in [3.8, 4) is 0 Å². The Kier molecular flexibility index (Phi) is 6.65. The normalized spacial score (nSPS) is 19.8. The zero-order valence-electron chi connectivity index (χ0n) is 17.7. The molecule has 0 saturated carbocycles. The topological polar surface area (TPSA) is 78.0 Å². The second-order valence-electron chi connectivity index (χ2n) is 8.02. The van der Waals surface area contributed by atoms with Crippen LogP contribution in [0.3, 0.4) is 0 Å². The first-order valence-corrected chi connectivity index (χ1v) is 11.1. The average molecular weight is 446 g/mol. The van der Waals surface area contributed by atoms with Gasteiger partial charge < -0.3 is 24.8 Å². The van der Waals surface area contributed by atoms with Gasteiger partial charge in [-0.05, 0) is 43.5 Å². The molecule has 1 aromatic carbocycles. The fraction of sp³-hybridized carbons (Fsp3) is 0.500. The summed E-state index contributed by atoms with van der Waals surface area (Å²) in [4.78, 5) is 35.0. The van der Waals surface area contributed by atoms with Crippen molar-refractivity contribution in [3.63, 3.8) is 0 Å². The first kappa shape index (κ1) is 21.5. The molecular weight excluding hydrogens is 418 g/mol. The van der Waals surface area contributed by atoms with E-state index in [4.69, 9.17) is 16.3 Å². The second-order valence-corrected chi connectivity index (χ2v) is 8.46. The minimum atomic E-state index is -0.333. The molecule has 3 heterocycles. The molecule has 1 aromatic heterocycles. The molecule has 9 heteroatoms. The summed E-state index contributed by atoms with van der Waals surface area (Å²) < 4.78 is 4.85. The third kappa shape index (κ3) is 4.95. The van der Waals surface area contributed by atoms with Crippen molar-refractivity contribution < 1.29 is 14.3 Å². The van der Waals surface area contributed by atoms with E-state index in [2.05, 4.69) is 15.2 Å². The van der Waals surface area contributed by atoms with Crippen molar-refractivity contribution in [3.05, 3.63) is 35.5 Å². The summed E-state index contributed by atoms with van der Waals surface area (Å²) in [6.45, 7) is 3.92. The molecule has 2 saturated heterocycles. The molecule has 2 aliphatic heterocycles. The lowest BCUT2D eigenvalue weighted by Crippen LogP contribution is -2.55. The van der Waals surface area contributed by atoms with Crippen LogP contribution in [0.5, 0.6) is 0 Å². The lowest BCUT2D eigenvalue weighted by molar-refractivity contribution is 0.121. The van der Waals surface area contributed by atoms with Gasteiger partial charge in [0.1, 0.15) is 0 Å². The van der Waals surface area contributed by atoms with Gasteiger partial charge in [0, 0.05) is 67.6 Å². The van der Waals surface area contributed by atoms with E-state index in [1.54, 1.807) is 11.1 Å². The van der Waals surface area contributed by atoms with Crippen molar-refractivity contribution in [1.82, 2.24) is 20.1 Å². The Morgan fingerprint density at radius 2 is 1.90 bits per heavy atom. The van der Waals surface area contributed by atoms with Crippen LogP contribution in [-0.2, 0) is 4.74 Å². The highest BCUT2D eigenvalue weighted by Crippen LogP contribution is 2.28. The molecule has 4 rings (SSSR count). The van der Waals surface area contributed by atoms with Gasteiger partial charge in [-0.15, -0.1) is 0 Å². The van der Waals surface area contributed by atoms with E-state index in [1.807, 2.05) is 29.2 Å². The molecule has 3 amide bonds. The van der Waals surface area contributed by atoms with Crippen LogP contribution in [0.4, 0.5) is 15.3 Å². The van der Waals surface area contributed by atoms with Crippen LogP contribution >= 0.6 is 11.6 Å². The Hall–Kier alpha value is -2.74. The van der Waals surface area contributed by atoms with E-state index >= 15 is 0 Å². The molecule has 1 N–H and O–H groups in total. The molecule has 1 unspecified atom stereocenters. The van der Waals surface area contributed by atoms with E-state index in [0.717, 1.165) is 48.9 Å². The van der Waals surface area contributed by atoms with E-state index < -0.39 is 0 Å². The number of pyridine rings is 1. The third-order valence-corrected chi connectivity index (χ3v) is 6.26. The Balaban J connectivity index is 1.35. The fourth-order valence-corrected chi connectivity index (χ4v) is 4.52. The monoisotopic (exact) mass is 445 g/mol. The van der Waals surface area contributed by atoms with Crippen molar-refractivity contribution in [2.45, 2.75) is 25.3 Å². The Morgan fingerprint density at radius 1 is 1.10 bits per heavy atom. The van der Waals surface area contributed by atoms with Gasteiger partial charge in [-0.2, -0.15) is 0 Å². The number of benzene rings is 1. The number of fused-ring (bicyclic) bond motifs is 1. The number of likely N-dealkylation sites (tertiary alicyclic amines) is 1. The first-order valence-electron chi connectivity index (χ1n) is 10.7. The summed E-state index contributed by atoms with van der Waals surface area (Å²) in [6.07, 6.45) is 4.23. The predicted molar refractivity (Wildman–Crippen MR) is 121 cm³/mol. The molecule has 0 aliphatic carbocycles. The van der Waals surface area contributed by atoms with Crippen LogP contribution in [0.25, 0.3) is 10.9 Å². The van der Waals surface area contributed by atoms with Crippen molar-refractivity contribution in [1.29, 1.82) is 0 Å². The number of halogens is 1. The lowest BCUT2D eigenvalue weighted by atomic mass is 10.1. The molecular formula is C22H28ClN5O3. The number of urea groups is 1. The van der Waals surface area contributed by atoms with E-state index in [0.29, 0.717) is 31.2 Å². The van der Waals surface area contributed by atoms with Crippen LogP contribution in [0, 0.1) is 0 Å². The van der Waals surface area contributed by atoms with Gasteiger partial charge in [0.2, 0.25) is 0 Å². The number of hydrogen-bond acceptors (Lipinski definition) is 5. The van der Waals surface area contributed by atoms with Crippen LogP contribution in [-0.4, -0.2) is 79.3 Å². The smallest absolute Gasteiger partial charge is 0.409 e. The molecule has 0 radical (unpaired) electrons.